The first kappa shape index (κ1) is 10.8. The van der Waals surface area contributed by atoms with Crippen LogP contribution >= 0.6 is 0 Å². The van der Waals surface area contributed by atoms with Gasteiger partial charge in [-0.2, -0.15) is 0 Å². The third-order valence-electron chi connectivity index (χ3n) is 2.78. The Kier molecular flexibility index (Phi) is 3.22. The van der Waals surface area contributed by atoms with E-state index in [1.54, 1.807) is 0 Å². The molecule has 0 aliphatic rings. The van der Waals surface area contributed by atoms with E-state index in [-0.39, 0.29) is 0 Å². The van der Waals surface area contributed by atoms with Crippen LogP contribution in [0.5, 0.6) is 0 Å². The second-order valence-corrected chi connectivity index (χ2v) is 4.62. The fourth-order valence-electron chi connectivity index (χ4n) is 1.68. The van der Waals surface area contributed by atoms with E-state index in [1.807, 2.05) is 0 Å². The summed E-state index contributed by atoms with van der Waals surface area (Å²) in [5.41, 5.74) is 12.4. The Bertz CT molecular complexity index is 313. The minimum absolute atomic E-state index is 0.991. The van der Waals surface area contributed by atoms with Crippen LogP contribution in [0.4, 0.5) is 5.69 Å². The first-order valence-electron chi connectivity index (χ1n) is 4.55. The van der Waals surface area contributed by atoms with Gasteiger partial charge in [0.1, 0.15) is 0 Å². The van der Waals surface area contributed by atoms with Crippen LogP contribution in [-0.4, -0.2) is 0 Å². The SMILES string of the molecule is CCc1c(C)c(C)c([IH+])c(C)c1N. The summed E-state index contributed by atoms with van der Waals surface area (Å²) < 4.78 is 1.35. The lowest BCUT2D eigenvalue weighted by atomic mass is 9.96. The Morgan fingerprint density at radius 1 is 1.08 bits per heavy atom. The Hall–Kier alpha value is -0.250. The molecule has 0 aliphatic heterocycles. The molecule has 0 unspecified atom stereocenters. The van der Waals surface area contributed by atoms with E-state index in [4.69, 9.17) is 5.73 Å². The smallest absolute Gasteiger partial charge is 0.297 e. The van der Waals surface area contributed by atoms with E-state index in [9.17, 15) is 0 Å². The maximum atomic E-state index is 6.07. The van der Waals surface area contributed by atoms with Crippen molar-refractivity contribution in [2.75, 3.05) is 5.73 Å². The molecule has 0 amide bonds. The van der Waals surface area contributed by atoms with E-state index in [1.165, 1.54) is 25.8 Å². The minimum atomic E-state index is 0.991. The van der Waals surface area contributed by atoms with Crippen LogP contribution in [0.3, 0.4) is 0 Å². The third-order valence-corrected chi connectivity index (χ3v) is 4.53. The zero-order valence-corrected chi connectivity index (χ0v) is 11.0. The van der Waals surface area contributed by atoms with Gasteiger partial charge in [0.2, 0.25) is 0 Å². The van der Waals surface area contributed by atoms with Crippen LogP contribution in [0.2, 0.25) is 0 Å². The number of nitrogens with two attached hydrogens (primary N) is 1. The monoisotopic (exact) mass is 290 g/mol. The standard InChI is InChI=1S/C11H17IN/c1-5-9-6(2)7(3)10(12)8(4)11(9)13/h12H,5,13H2,1-4H3/q+1. The summed E-state index contributed by atoms with van der Waals surface area (Å²) in [6.45, 7) is 8.61. The number of nitrogen functional groups attached to an aromatic ring is 1. The van der Waals surface area contributed by atoms with Crippen molar-refractivity contribution in [3.8, 4) is 0 Å². The molecule has 0 aliphatic carbocycles. The van der Waals surface area contributed by atoms with Crippen molar-refractivity contribution in [2.45, 2.75) is 34.1 Å². The molecule has 2 N–H and O–H groups in total. The fourth-order valence-corrected chi connectivity index (χ4v) is 2.43. The Morgan fingerprint density at radius 2 is 1.62 bits per heavy atom. The summed E-state index contributed by atoms with van der Waals surface area (Å²) in [7, 11) is 0. The highest BCUT2D eigenvalue weighted by Gasteiger charge is 2.16. The largest absolute Gasteiger partial charge is 0.398 e. The maximum absolute atomic E-state index is 6.07. The van der Waals surface area contributed by atoms with Crippen molar-refractivity contribution < 1.29 is 22.6 Å². The summed E-state index contributed by atoms with van der Waals surface area (Å²) in [4.78, 5) is 0. The van der Waals surface area contributed by atoms with E-state index in [0.29, 0.717) is 0 Å². The summed E-state index contributed by atoms with van der Waals surface area (Å²) in [6.07, 6.45) is 1.03. The van der Waals surface area contributed by atoms with Gasteiger partial charge in [0.05, 0.1) is 0 Å². The van der Waals surface area contributed by atoms with Crippen LogP contribution in [0, 0.1) is 24.3 Å². The van der Waals surface area contributed by atoms with Gasteiger partial charge in [0.25, 0.3) is 22.6 Å². The minimum Gasteiger partial charge on any atom is -0.398 e. The van der Waals surface area contributed by atoms with E-state index in [0.717, 1.165) is 12.1 Å². The molecule has 1 rings (SSSR count). The molecule has 0 atom stereocenters. The van der Waals surface area contributed by atoms with Crippen LogP contribution in [0.25, 0.3) is 0 Å². The molecular formula is C11H17IN+. The summed E-state index contributed by atoms with van der Waals surface area (Å²) >= 11 is 2.07. The molecule has 13 heavy (non-hydrogen) atoms. The molecule has 1 aromatic rings. The number of halogens is 1. The number of rotatable bonds is 1. The lowest BCUT2D eigenvalue weighted by molar-refractivity contribution is -0.330. The highest BCUT2D eigenvalue weighted by Crippen LogP contribution is 2.24. The predicted octanol–water partition coefficient (Wildman–Crippen LogP) is -0.788. The van der Waals surface area contributed by atoms with Gasteiger partial charge in [-0.25, -0.2) is 0 Å². The highest BCUT2D eigenvalue weighted by atomic mass is 127. The summed E-state index contributed by atoms with van der Waals surface area (Å²) in [5.74, 6) is 0. The molecule has 0 heterocycles. The molecule has 0 aromatic heterocycles. The van der Waals surface area contributed by atoms with Gasteiger partial charge in [0, 0.05) is 16.8 Å². The molecule has 0 saturated carbocycles. The molecule has 0 fully saturated rings. The van der Waals surface area contributed by atoms with Crippen molar-refractivity contribution in [1.29, 1.82) is 0 Å². The highest BCUT2D eigenvalue weighted by molar-refractivity contribution is 5.58. The predicted molar refractivity (Wildman–Crippen MR) is 54.5 cm³/mol. The molecule has 0 bridgehead atoms. The molecule has 2 heteroatoms. The lowest BCUT2D eigenvalue weighted by Gasteiger charge is -2.12. The van der Waals surface area contributed by atoms with Crippen LogP contribution < -0.4 is 28.3 Å². The van der Waals surface area contributed by atoms with Crippen molar-refractivity contribution in [3.63, 3.8) is 0 Å². The average molecular weight is 290 g/mol. The normalized spacial score (nSPS) is 10.5. The van der Waals surface area contributed by atoms with Crippen molar-refractivity contribution in [3.05, 3.63) is 25.8 Å². The molecule has 72 valence electrons. The quantitative estimate of drug-likeness (QED) is 0.532. The maximum Gasteiger partial charge on any atom is 0.297 e. The summed E-state index contributed by atoms with van der Waals surface area (Å²) in [6, 6.07) is 0. The number of hydrogen-bond acceptors (Lipinski definition) is 1. The molecule has 0 saturated heterocycles. The second-order valence-electron chi connectivity index (χ2n) is 3.45. The van der Waals surface area contributed by atoms with Gasteiger partial charge in [0.15, 0.2) is 3.57 Å². The molecule has 1 nitrogen and oxygen atoms in total. The van der Waals surface area contributed by atoms with Gasteiger partial charge in [-0.3, -0.25) is 0 Å². The zero-order valence-electron chi connectivity index (χ0n) is 8.69. The van der Waals surface area contributed by atoms with Crippen LogP contribution in [-0.2, 0) is 6.42 Å². The summed E-state index contributed by atoms with van der Waals surface area (Å²) in [5, 5.41) is 0. The second kappa shape index (κ2) is 3.86. The zero-order chi connectivity index (χ0) is 10.2. The van der Waals surface area contributed by atoms with Crippen LogP contribution in [0.15, 0.2) is 0 Å². The first-order chi connectivity index (χ1) is 6.00. The molecule has 1 aromatic carbocycles. The molecule has 0 radical (unpaired) electrons. The third kappa shape index (κ3) is 1.68. The Morgan fingerprint density at radius 3 is 2.08 bits per heavy atom. The van der Waals surface area contributed by atoms with Gasteiger partial charge in [-0.05, 0) is 38.3 Å². The number of anilines is 1. The Labute approximate surface area is 93.9 Å². The average Bonchev–Trinajstić information content (AvgIpc) is 2.13. The number of benzene rings is 1. The molecule has 0 spiro atoms. The van der Waals surface area contributed by atoms with Gasteiger partial charge in [-0.1, -0.05) is 6.92 Å². The van der Waals surface area contributed by atoms with E-state index in [2.05, 4.69) is 50.3 Å². The van der Waals surface area contributed by atoms with Gasteiger partial charge in [-0.15, -0.1) is 0 Å². The van der Waals surface area contributed by atoms with Crippen molar-refractivity contribution in [2.24, 2.45) is 0 Å². The lowest BCUT2D eigenvalue weighted by Crippen LogP contribution is -3.34. The van der Waals surface area contributed by atoms with Crippen LogP contribution in [0.1, 0.15) is 29.2 Å². The number of hydrogen-bond donors (Lipinski definition) is 1. The van der Waals surface area contributed by atoms with Crippen molar-refractivity contribution >= 4 is 5.69 Å². The first-order valence-corrected chi connectivity index (χ1v) is 5.72. The topological polar surface area (TPSA) is 26.0 Å². The van der Waals surface area contributed by atoms with E-state index >= 15 is 0 Å². The van der Waals surface area contributed by atoms with Gasteiger partial charge >= 0.3 is 0 Å². The Balaban J connectivity index is 3.56. The fraction of sp³-hybridized carbons (Fsp3) is 0.455. The van der Waals surface area contributed by atoms with E-state index < -0.39 is 0 Å². The van der Waals surface area contributed by atoms with Crippen molar-refractivity contribution in [1.82, 2.24) is 0 Å². The molecular weight excluding hydrogens is 273 g/mol. The van der Waals surface area contributed by atoms with Gasteiger partial charge < -0.3 is 5.73 Å².